The standard InChI is InChI=1S/C15H24N2O3/c18-14(19)11-3-4-13(7-11)17-15(20)16-8-12-6-9-1-2-10(12)5-9/h9-13H,1-8H2,(H,18,19)(H2,16,17,20)/t9?,10?,11-,12?,13+/m1/s1. The third-order valence-electron chi connectivity index (χ3n) is 5.53. The molecule has 2 amide bonds. The van der Waals surface area contributed by atoms with Crippen LogP contribution in [0, 0.1) is 23.7 Å². The Balaban J connectivity index is 1.37. The zero-order valence-electron chi connectivity index (χ0n) is 11.8. The Morgan fingerprint density at radius 1 is 1.05 bits per heavy atom. The van der Waals surface area contributed by atoms with Crippen molar-refractivity contribution >= 4 is 12.0 Å². The lowest BCUT2D eigenvalue weighted by Crippen LogP contribution is -2.43. The molecule has 0 aliphatic heterocycles. The van der Waals surface area contributed by atoms with Crippen LogP contribution in [0.15, 0.2) is 0 Å². The minimum atomic E-state index is -0.739. The van der Waals surface area contributed by atoms with Gasteiger partial charge in [-0.25, -0.2) is 4.79 Å². The number of amides is 2. The van der Waals surface area contributed by atoms with Gasteiger partial charge in [0.05, 0.1) is 5.92 Å². The van der Waals surface area contributed by atoms with Crippen molar-refractivity contribution in [2.45, 2.75) is 51.0 Å². The highest BCUT2D eigenvalue weighted by atomic mass is 16.4. The fourth-order valence-corrected chi connectivity index (χ4v) is 4.42. The van der Waals surface area contributed by atoms with Gasteiger partial charge in [-0.05, 0) is 56.3 Å². The summed E-state index contributed by atoms with van der Waals surface area (Å²) in [6, 6.07) is -0.0973. The number of rotatable bonds is 4. The molecule has 5 atom stereocenters. The lowest BCUT2D eigenvalue weighted by molar-refractivity contribution is -0.141. The van der Waals surface area contributed by atoms with Crippen molar-refractivity contribution in [3.63, 3.8) is 0 Å². The van der Waals surface area contributed by atoms with Gasteiger partial charge in [0.1, 0.15) is 0 Å². The third kappa shape index (κ3) is 2.91. The van der Waals surface area contributed by atoms with Crippen LogP contribution in [-0.2, 0) is 4.79 Å². The average molecular weight is 280 g/mol. The second kappa shape index (κ2) is 5.62. The van der Waals surface area contributed by atoms with Crippen LogP contribution in [0.3, 0.4) is 0 Å². The summed E-state index contributed by atoms with van der Waals surface area (Å²) in [5.74, 6) is 1.36. The minimum absolute atomic E-state index is 0.0242. The Bertz CT molecular complexity index is 399. The molecule has 5 nitrogen and oxygen atoms in total. The van der Waals surface area contributed by atoms with E-state index < -0.39 is 5.97 Å². The largest absolute Gasteiger partial charge is 0.481 e. The highest BCUT2D eigenvalue weighted by molar-refractivity contribution is 5.75. The molecule has 2 bridgehead atoms. The van der Waals surface area contributed by atoms with Crippen LogP contribution in [-0.4, -0.2) is 29.7 Å². The number of aliphatic carboxylic acids is 1. The number of carbonyl (C=O) groups is 2. The fraction of sp³-hybridized carbons (Fsp3) is 0.867. The summed E-state index contributed by atoms with van der Waals surface area (Å²) in [6.07, 6.45) is 7.36. The van der Waals surface area contributed by atoms with E-state index in [0.717, 1.165) is 24.8 Å². The molecule has 3 saturated carbocycles. The first kappa shape index (κ1) is 13.7. The summed E-state index contributed by atoms with van der Waals surface area (Å²) in [4.78, 5) is 22.7. The monoisotopic (exact) mass is 280 g/mol. The Kier molecular flexibility index (Phi) is 3.85. The van der Waals surface area contributed by atoms with Crippen LogP contribution in [0.4, 0.5) is 4.79 Å². The fourth-order valence-electron chi connectivity index (χ4n) is 4.42. The Hall–Kier alpha value is -1.26. The van der Waals surface area contributed by atoms with Crippen LogP contribution in [0.5, 0.6) is 0 Å². The minimum Gasteiger partial charge on any atom is -0.481 e. The molecule has 3 fully saturated rings. The number of fused-ring (bicyclic) bond motifs is 2. The van der Waals surface area contributed by atoms with Crippen LogP contribution in [0.1, 0.15) is 44.9 Å². The average Bonchev–Trinajstić information content (AvgIpc) is 3.11. The zero-order valence-corrected chi connectivity index (χ0v) is 11.8. The first-order chi connectivity index (χ1) is 9.61. The molecule has 5 heteroatoms. The second-order valence-corrected chi connectivity index (χ2v) is 6.83. The molecular formula is C15H24N2O3. The Morgan fingerprint density at radius 2 is 1.90 bits per heavy atom. The van der Waals surface area contributed by atoms with Crippen LogP contribution in [0.25, 0.3) is 0 Å². The first-order valence-corrected chi connectivity index (χ1v) is 7.89. The molecule has 0 aromatic heterocycles. The van der Waals surface area contributed by atoms with Gasteiger partial charge in [0.15, 0.2) is 0 Å². The van der Waals surface area contributed by atoms with E-state index in [-0.39, 0.29) is 18.0 Å². The van der Waals surface area contributed by atoms with Gasteiger partial charge in [-0.3, -0.25) is 4.79 Å². The molecule has 3 unspecified atom stereocenters. The molecule has 20 heavy (non-hydrogen) atoms. The Labute approximate surface area is 119 Å². The normalized spacial score (nSPS) is 38.9. The molecule has 0 radical (unpaired) electrons. The summed E-state index contributed by atoms with van der Waals surface area (Å²) >= 11 is 0. The van der Waals surface area contributed by atoms with Crippen LogP contribution in [0.2, 0.25) is 0 Å². The summed E-state index contributed by atoms with van der Waals surface area (Å²) in [5.41, 5.74) is 0. The van der Waals surface area contributed by atoms with E-state index in [0.29, 0.717) is 18.8 Å². The topological polar surface area (TPSA) is 78.4 Å². The van der Waals surface area contributed by atoms with Gasteiger partial charge in [0.25, 0.3) is 0 Å². The predicted octanol–water partition coefficient (Wildman–Crippen LogP) is 1.98. The van der Waals surface area contributed by atoms with Crippen molar-refractivity contribution in [2.24, 2.45) is 23.7 Å². The number of carboxylic acids is 1. The van der Waals surface area contributed by atoms with E-state index in [2.05, 4.69) is 10.6 Å². The van der Waals surface area contributed by atoms with E-state index >= 15 is 0 Å². The lowest BCUT2D eigenvalue weighted by atomic mass is 9.89. The molecule has 3 aliphatic rings. The van der Waals surface area contributed by atoms with Crippen molar-refractivity contribution in [1.29, 1.82) is 0 Å². The molecule has 0 spiro atoms. The highest BCUT2D eigenvalue weighted by Gasteiger charge is 2.39. The van der Waals surface area contributed by atoms with Gasteiger partial charge in [-0.2, -0.15) is 0 Å². The quantitative estimate of drug-likeness (QED) is 0.736. The van der Waals surface area contributed by atoms with E-state index in [4.69, 9.17) is 5.11 Å². The highest BCUT2D eigenvalue weighted by Crippen LogP contribution is 2.47. The zero-order chi connectivity index (χ0) is 14.1. The second-order valence-electron chi connectivity index (χ2n) is 6.83. The van der Waals surface area contributed by atoms with E-state index in [1.54, 1.807) is 0 Å². The number of hydrogen-bond acceptors (Lipinski definition) is 2. The molecule has 0 aromatic carbocycles. The lowest BCUT2D eigenvalue weighted by Gasteiger charge is -2.22. The van der Waals surface area contributed by atoms with Crippen molar-refractivity contribution < 1.29 is 14.7 Å². The number of nitrogens with one attached hydrogen (secondary N) is 2. The number of urea groups is 1. The molecule has 3 rings (SSSR count). The first-order valence-electron chi connectivity index (χ1n) is 7.89. The maximum atomic E-state index is 11.9. The van der Waals surface area contributed by atoms with Gasteiger partial charge in [0.2, 0.25) is 0 Å². The van der Waals surface area contributed by atoms with Crippen molar-refractivity contribution in [2.75, 3.05) is 6.54 Å². The van der Waals surface area contributed by atoms with Gasteiger partial charge >= 0.3 is 12.0 Å². The molecular weight excluding hydrogens is 256 g/mol. The van der Waals surface area contributed by atoms with Crippen molar-refractivity contribution in [3.05, 3.63) is 0 Å². The van der Waals surface area contributed by atoms with Crippen LogP contribution >= 0.6 is 0 Å². The summed E-state index contributed by atoms with van der Waals surface area (Å²) < 4.78 is 0. The summed E-state index contributed by atoms with van der Waals surface area (Å²) in [7, 11) is 0. The van der Waals surface area contributed by atoms with Gasteiger partial charge < -0.3 is 15.7 Å². The number of carbonyl (C=O) groups excluding carboxylic acids is 1. The van der Waals surface area contributed by atoms with Crippen molar-refractivity contribution in [3.8, 4) is 0 Å². The maximum Gasteiger partial charge on any atom is 0.315 e. The molecule has 3 N–H and O–H groups in total. The number of hydrogen-bond donors (Lipinski definition) is 3. The summed E-state index contributed by atoms with van der Waals surface area (Å²) in [5, 5.41) is 14.8. The molecule has 112 valence electrons. The SMILES string of the molecule is O=C(NCC1CC2CCC1C2)N[C@H]1CC[C@@H](C(=O)O)C1. The van der Waals surface area contributed by atoms with Crippen molar-refractivity contribution in [1.82, 2.24) is 10.6 Å². The predicted molar refractivity (Wildman–Crippen MR) is 74.2 cm³/mol. The smallest absolute Gasteiger partial charge is 0.315 e. The van der Waals surface area contributed by atoms with E-state index in [9.17, 15) is 9.59 Å². The van der Waals surface area contributed by atoms with Crippen LogP contribution < -0.4 is 10.6 Å². The number of carboxylic acid groups (broad SMARTS) is 1. The van der Waals surface area contributed by atoms with E-state index in [1.807, 2.05) is 0 Å². The molecule has 0 aromatic rings. The molecule has 0 saturated heterocycles. The van der Waals surface area contributed by atoms with Gasteiger partial charge in [-0.1, -0.05) is 6.42 Å². The van der Waals surface area contributed by atoms with E-state index in [1.165, 1.54) is 25.7 Å². The molecule has 3 aliphatic carbocycles. The Morgan fingerprint density at radius 3 is 2.50 bits per heavy atom. The molecule has 0 heterocycles. The third-order valence-corrected chi connectivity index (χ3v) is 5.53. The van der Waals surface area contributed by atoms with Gasteiger partial charge in [-0.15, -0.1) is 0 Å². The maximum absolute atomic E-state index is 11.9. The van der Waals surface area contributed by atoms with Gasteiger partial charge in [0, 0.05) is 12.6 Å². The summed E-state index contributed by atoms with van der Waals surface area (Å²) in [6.45, 7) is 0.780.